The summed E-state index contributed by atoms with van der Waals surface area (Å²) in [5.41, 5.74) is 1.25. The van der Waals surface area contributed by atoms with E-state index in [1.54, 1.807) is 4.90 Å². The molecule has 0 radical (unpaired) electrons. The molecule has 16 heavy (non-hydrogen) atoms. The molecule has 1 saturated heterocycles. The third-order valence-electron chi connectivity index (χ3n) is 2.86. The Kier molecular flexibility index (Phi) is 3.61. The molecule has 0 spiro atoms. The SMILES string of the molecule is CN1CCN(Cc2ccc(Br)cc2)CC1=O. The highest BCUT2D eigenvalue weighted by molar-refractivity contribution is 9.10. The van der Waals surface area contributed by atoms with Gasteiger partial charge in [0.05, 0.1) is 6.54 Å². The van der Waals surface area contributed by atoms with Crippen molar-refractivity contribution in [3.63, 3.8) is 0 Å². The van der Waals surface area contributed by atoms with E-state index in [0.29, 0.717) is 6.54 Å². The predicted octanol–water partition coefficient (Wildman–Crippen LogP) is 1.72. The van der Waals surface area contributed by atoms with Crippen LogP contribution >= 0.6 is 15.9 Å². The van der Waals surface area contributed by atoms with Crippen molar-refractivity contribution in [3.8, 4) is 0 Å². The normalized spacial score (nSPS) is 17.9. The van der Waals surface area contributed by atoms with Gasteiger partial charge in [0.1, 0.15) is 0 Å². The molecule has 1 aromatic rings. The van der Waals surface area contributed by atoms with Crippen molar-refractivity contribution < 1.29 is 4.79 Å². The molecule has 2 rings (SSSR count). The van der Waals surface area contributed by atoms with Crippen LogP contribution < -0.4 is 0 Å². The molecule has 1 aliphatic rings. The highest BCUT2D eigenvalue weighted by Crippen LogP contribution is 2.13. The highest BCUT2D eigenvalue weighted by atomic mass is 79.9. The second-order valence-electron chi connectivity index (χ2n) is 4.15. The summed E-state index contributed by atoms with van der Waals surface area (Å²) in [6.45, 7) is 3.17. The quantitative estimate of drug-likeness (QED) is 0.825. The lowest BCUT2D eigenvalue weighted by atomic mass is 10.2. The number of benzene rings is 1. The molecular formula is C12H15BrN2O. The van der Waals surface area contributed by atoms with Gasteiger partial charge in [-0.25, -0.2) is 0 Å². The van der Waals surface area contributed by atoms with E-state index in [1.807, 2.05) is 19.2 Å². The van der Waals surface area contributed by atoms with Crippen LogP contribution in [0.15, 0.2) is 28.7 Å². The molecule has 1 heterocycles. The Morgan fingerprint density at radius 3 is 2.56 bits per heavy atom. The molecule has 0 aliphatic carbocycles. The van der Waals surface area contributed by atoms with Crippen LogP contribution in [-0.4, -0.2) is 42.4 Å². The first kappa shape index (κ1) is 11.6. The predicted molar refractivity (Wildman–Crippen MR) is 67.1 cm³/mol. The molecular weight excluding hydrogens is 268 g/mol. The van der Waals surface area contributed by atoms with Crippen molar-refractivity contribution in [1.82, 2.24) is 9.80 Å². The minimum Gasteiger partial charge on any atom is -0.343 e. The molecule has 1 aromatic carbocycles. The van der Waals surface area contributed by atoms with Crippen molar-refractivity contribution in [3.05, 3.63) is 34.3 Å². The lowest BCUT2D eigenvalue weighted by Gasteiger charge is -2.31. The van der Waals surface area contributed by atoms with Crippen molar-refractivity contribution in [1.29, 1.82) is 0 Å². The number of carbonyl (C=O) groups is 1. The Morgan fingerprint density at radius 2 is 1.94 bits per heavy atom. The standard InChI is InChI=1S/C12H15BrN2O/c1-14-6-7-15(9-12(14)16)8-10-2-4-11(13)5-3-10/h2-5H,6-9H2,1H3. The van der Waals surface area contributed by atoms with E-state index < -0.39 is 0 Å². The molecule has 1 aliphatic heterocycles. The van der Waals surface area contributed by atoms with Crippen LogP contribution in [0.25, 0.3) is 0 Å². The largest absolute Gasteiger partial charge is 0.343 e. The second-order valence-corrected chi connectivity index (χ2v) is 5.07. The Hall–Kier alpha value is -0.870. The second kappa shape index (κ2) is 4.97. The molecule has 0 unspecified atom stereocenters. The van der Waals surface area contributed by atoms with E-state index in [4.69, 9.17) is 0 Å². The molecule has 1 amide bonds. The molecule has 86 valence electrons. The molecule has 3 nitrogen and oxygen atoms in total. The maximum atomic E-state index is 11.5. The van der Waals surface area contributed by atoms with Crippen molar-refractivity contribution in [2.45, 2.75) is 6.54 Å². The monoisotopic (exact) mass is 282 g/mol. The molecule has 0 bridgehead atoms. The van der Waals surface area contributed by atoms with Gasteiger partial charge in [-0.1, -0.05) is 28.1 Å². The third-order valence-corrected chi connectivity index (χ3v) is 3.38. The third kappa shape index (κ3) is 2.83. The number of rotatable bonds is 2. The average molecular weight is 283 g/mol. The van der Waals surface area contributed by atoms with Gasteiger partial charge in [0.25, 0.3) is 0 Å². The Morgan fingerprint density at radius 1 is 1.25 bits per heavy atom. The average Bonchev–Trinajstić information content (AvgIpc) is 2.27. The number of hydrogen-bond donors (Lipinski definition) is 0. The molecule has 1 fully saturated rings. The minimum absolute atomic E-state index is 0.211. The number of piperazine rings is 1. The van der Waals surface area contributed by atoms with Gasteiger partial charge >= 0.3 is 0 Å². The molecule has 0 N–H and O–H groups in total. The maximum absolute atomic E-state index is 11.5. The van der Waals surface area contributed by atoms with Gasteiger partial charge in [-0.2, -0.15) is 0 Å². The summed E-state index contributed by atoms with van der Waals surface area (Å²) >= 11 is 3.41. The van der Waals surface area contributed by atoms with E-state index in [9.17, 15) is 4.79 Å². The smallest absolute Gasteiger partial charge is 0.236 e. The van der Waals surface area contributed by atoms with E-state index >= 15 is 0 Å². The fourth-order valence-electron chi connectivity index (χ4n) is 1.79. The van der Waals surface area contributed by atoms with Crippen LogP contribution in [0, 0.1) is 0 Å². The first-order valence-electron chi connectivity index (χ1n) is 5.36. The number of hydrogen-bond acceptors (Lipinski definition) is 2. The number of likely N-dealkylation sites (N-methyl/N-ethyl adjacent to an activating group) is 1. The van der Waals surface area contributed by atoms with Crippen molar-refractivity contribution in [2.75, 3.05) is 26.7 Å². The van der Waals surface area contributed by atoms with E-state index in [1.165, 1.54) is 5.56 Å². The van der Waals surface area contributed by atoms with Crippen molar-refractivity contribution >= 4 is 21.8 Å². The zero-order chi connectivity index (χ0) is 11.5. The van der Waals surface area contributed by atoms with Crippen LogP contribution in [0.4, 0.5) is 0 Å². The summed E-state index contributed by atoms with van der Waals surface area (Å²) in [7, 11) is 1.86. The molecule has 0 aromatic heterocycles. The first-order valence-corrected chi connectivity index (χ1v) is 6.15. The zero-order valence-corrected chi connectivity index (χ0v) is 10.9. The number of halogens is 1. The van der Waals surface area contributed by atoms with Crippen LogP contribution in [0.3, 0.4) is 0 Å². The van der Waals surface area contributed by atoms with Gasteiger partial charge in [-0.05, 0) is 17.7 Å². The van der Waals surface area contributed by atoms with Gasteiger partial charge in [0, 0.05) is 31.2 Å². The summed E-state index contributed by atoms with van der Waals surface area (Å²) in [5.74, 6) is 0.211. The van der Waals surface area contributed by atoms with E-state index in [0.717, 1.165) is 24.1 Å². The van der Waals surface area contributed by atoms with Crippen molar-refractivity contribution in [2.24, 2.45) is 0 Å². The van der Waals surface area contributed by atoms with Gasteiger partial charge in [-0.3, -0.25) is 9.69 Å². The zero-order valence-electron chi connectivity index (χ0n) is 9.32. The molecule has 4 heteroatoms. The summed E-state index contributed by atoms with van der Waals surface area (Å²) in [4.78, 5) is 15.5. The summed E-state index contributed by atoms with van der Waals surface area (Å²) in [6.07, 6.45) is 0. The van der Waals surface area contributed by atoms with E-state index in [2.05, 4.69) is 33.0 Å². The topological polar surface area (TPSA) is 23.6 Å². The van der Waals surface area contributed by atoms with Gasteiger partial charge < -0.3 is 4.90 Å². The summed E-state index contributed by atoms with van der Waals surface area (Å²) in [5, 5.41) is 0. The first-order chi connectivity index (χ1) is 7.65. The lowest BCUT2D eigenvalue weighted by Crippen LogP contribution is -2.47. The van der Waals surface area contributed by atoms with Gasteiger partial charge in [-0.15, -0.1) is 0 Å². The van der Waals surface area contributed by atoms with Gasteiger partial charge in [0.2, 0.25) is 5.91 Å². The minimum atomic E-state index is 0.211. The van der Waals surface area contributed by atoms with Crippen LogP contribution in [0.1, 0.15) is 5.56 Å². The Labute approximate surface area is 104 Å². The molecule has 0 atom stereocenters. The van der Waals surface area contributed by atoms with Crippen LogP contribution in [0.5, 0.6) is 0 Å². The highest BCUT2D eigenvalue weighted by Gasteiger charge is 2.20. The lowest BCUT2D eigenvalue weighted by molar-refractivity contribution is -0.134. The van der Waals surface area contributed by atoms with Crippen LogP contribution in [0.2, 0.25) is 0 Å². The number of nitrogens with zero attached hydrogens (tertiary/aromatic N) is 2. The number of carbonyl (C=O) groups excluding carboxylic acids is 1. The Bertz CT molecular complexity index is 377. The van der Waals surface area contributed by atoms with E-state index in [-0.39, 0.29) is 5.91 Å². The summed E-state index contributed by atoms with van der Waals surface area (Å²) < 4.78 is 1.09. The summed E-state index contributed by atoms with van der Waals surface area (Å²) in [6, 6.07) is 8.25. The Balaban J connectivity index is 1.95. The van der Waals surface area contributed by atoms with Gasteiger partial charge in [0.15, 0.2) is 0 Å². The fourth-order valence-corrected chi connectivity index (χ4v) is 2.05. The van der Waals surface area contributed by atoms with Crippen LogP contribution in [-0.2, 0) is 11.3 Å². The molecule has 0 saturated carbocycles. The maximum Gasteiger partial charge on any atom is 0.236 e. The fraction of sp³-hybridized carbons (Fsp3) is 0.417. The number of amides is 1.